The number of pyridine rings is 1. The third-order valence-corrected chi connectivity index (χ3v) is 7.04. The minimum Gasteiger partial charge on any atom is -0.348 e. The van der Waals surface area contributed by atoms with Crippen LogP contribution in [0.5, 0.6) is 0 Å². The van der Waals surface area contributed by atoms with E-state index < -0.39 is 0 Å². The van der Waals surface area contributed by atoms with E-state index in [9.17, 15) is 9.59 Å². The highest BCUT2D eigenvalue weighted by atomic mass is 32.1. The maximum absolute atomic E-state index is 12.2. The minimum absolute atomic E-state index is 0.152. The normalized spacial score (nSPS) is 17.1. The fourth-order valence-electron chi connectivity index (χ4n) is 4.34. The van der Waals surface area contributed by atoms with Gasteiger partial charge in [-0.1, -0.05) is 17.4 Å². The Morgan fingerprint density at radius 3 is 2.67 bits per heavy atom. The van der Waals surface area contributed by atoms with E-state index in [0.29, 0.717) is 28.5 Å². The summed E-state index contributed by atoms with van der Waals surface area (Å²) in [6.07, 6.45) is 9.14. The van der Waals surface area contributed by atoms with E-state index in [4.69, 9.17) is 0 Å². The van der Waals surface area contributed by atoms with Gasteiger partial charge < -0.3 is 15.6 Å². The monoisotopic (exact) mass is 503 g/mol. The van der Waals surface area contributed by atoms with Crippen molar-refractivity contribution in [1.82, 2.24) is 35.3 Å². The second-order valence-electron chi connectivity index (χ2n) is 8.78. The molecule has 0 spiro atoms. The van der Waals surface area contributed by atoms with E-state index in [0.717, 1.165) is 42.1 Å². The predicted octanol–water partition coefficient (Wildman–Crippen LogP) is 2.94. The van der Waals surface area contributed by atoms with Crippen LogP contribution >= 0.6 is 11.3 Å². The number of carbonyl (C=O) groups is 2. The lowest BCUT2D eigenvalue weighted by atomic mass is 10.00. The summed E-state index contributed by atoms with van der Waals surface area (Å²) in [5, 5.41) is 24.0. The Balaban J connectivity index is 1.08. The molecule has 5 rings (SSSR count). The molecule has 2 atom stereocenters. The number of nitrogens with one attached hydrogen (secondary N) is 3. The topological polar surface area (TPSA) is 151 Å². The van der Waals surface area contributed by atoms with Gasteiger partial charge >= 0.3 is 0 Å². The molecule has 12 heteroatoms. The number of anilines is 2. The molecule has 0 radical (unpaired) electrons. The molecule has 184 valence electrons. The van der Waals surface area contributed by atoms with Crippen LogP contribution in [0.4, 0.5) is 10.9 Å². The van der Waals surface area contributed by atoms with Crippen LogP contribution in [0.25, 0.3) is 0 Å². The molecule has 0 unspecified atom stereocenters. The van der Waals surface area contributed by atoms with Crippen LogP contribution in [0, 0.1) is 5.92 Å². The van der Waals surface area contributed by atoms with E-state index in [1.807, 2.05) is 24.3 Å². The summed E-state index contributed by atoms with van der Waals surface area (Å²) in [6, 6.07) is 9.17. The summed E-state index contributed by atoms with van der Waals surface area (Å²) in [7, 11) is 0. The Kier molecular flexibility index (Phi) is 7.31. The van der Waals surface area contributed by atoms with Crippen LogP contribution in [-0.2, 0) is 28.9 Å². The van der Waals surface area contributed by atoms with Crippen molar-refractivity contribution in [3.05, 3.63) is 71.1 Å². The summed E-state index contributed by atoms with van der Waals surface area (Å²) in [5.41, 5.74) is 2.35. The number of H-pyrrole nitrogens is 1. The summed E-state index contributed by atoms with van der Waals surface area (Å²) in [5.74, 6) is 0.893. The standard InChI is InChI=1S/C24H25N9O2S/c34-21(11-17-3-1-2-8-26-17)28-20-7-6-18(30-31-20)10-15-4-5-16(9-15)23-32-33-24(36-23)29-22(35)12-19-13-25-14-27-19/h1-3,6-8,13-16H,4-5,9-12H2,(H,25,27)(H,28,31,34)(H,29,33,35)/t15-,16+/m1/s1. The Bertz CT molecular complexity index is 1290. The number of nitrogens with zero attached hydrogens (tertiary/aromatic N) is 6. The molecule has 4 aromatic heterocycles. The van der Waals surface area contributed by atoms with Crippen molar-refractivity contribution in [3.63, 3.8) is 0 Å². The SMILES string of the molecule is O=C(Cc1ccccn1)Nc1ccc(C[C@@H]2CC[C@H](c3nnc(NC(=O)Cc4cnc[nH]4)s3)C2)nn1. The zero-order chi connectivity index (χ0) is 24.7. The number of imidazole rings is 1. The number of aromatic nitrogens is 7. The fourth-order valence-corrected chi connectivity index (χ4v) is 5.24. The molecule has 36 heavy (non-hydrogen) atoms. The van der Waals surface area contributed by atoms with Gasteiger partial charge in [-0.2, -0.15) is 5.10 Å². The van der Waals surface area contributed by atoms with Crippen LogP contribution in [0.15, 0.2) is 49.1 Å². The van der Waals surface area contributed by atoms with Crippen LogP contribution in [0.2, 0.25) is 0 Å². The third kappa shape index (κ3) is 6.33. The van der Waals surface area contributed by atoms with E-state index in [-0.39, 0.29) is 24.7 Å². The lowest BCUT2D eigenvalue weighted by molar-refractivity contribution is -0.116. The van der Waals surface area contributed by atoms with Gasteiger partial charge in [0.15, 0.2) is 5.82 Å². The van der Waals surface area contributed by atoms with Gasteiger partial charge in [0.25, 0.3) is 0 Å². The van der Waals surface area contributed by atoms with E-state index in [1.54, 1.807) is 24.8 Å². The Labute approximate surface area is 211 Å². The van der Waals surface area contributed by atoms with Crippen molar-refractivity contribution in [2.45, 2.75) is 44.4 Å². The summed E-state index contributed by atoms with van der Waals surface area (Å²) in [4.78, 5) is 35.4. The molecule has 0 aliphatic heterocycles. The summed E-state index contributed by atoms with van der Waals surface area (Å²) in [6.45, 7) is 0. The van der Waals surface area contributed by atoms with Crippen LogP contribution < -0.4 is 10.6 Å². The summed E-state index contributed by atoms with van der Waals surface area (Å²) >= 11 is 1.43. The van der Waals surface area contributed by atoms with Crippen molar-refractivity contribution >= 4 is 34.1 Å². The quantitative estimate of drug-likeness (QED) is 0.315. The van der Waals surface area contributed by atoms with Gasteiger partial charge in [0.05, 0.1) is 24.9 Å². The Morgan fingerprint density at radius 1 is 0.972 bits per heavy atom. The number of hydrogen-bond donors (Lipinski definition) is 3. The highest BCUT2D eigenvalue weighted by Crippen LogP contribution is 2.41. The second-order valence-corrected chi connectivity index (χ2v) is 9.79. The van der Waals surface area contributed by atoms with Gasteiger partial charge in [0, 0.05) is 29.7 Å². The largest absolute Gasteiger partial charge is 0.348 e. The first kappa shape index (κ1) is 23.7. The van der Waals surface area contributed by atoms with Gasteiger partial charge in [-0.15, -0.1) is 15.3 Å². The third-order valence-electron chi connectivity index (χ3n) is 6.04. The lowest BCUT2D eigenvalue weighted by Crippen LogP contribution is -2.16. The van der Waals surface area contributed by atoms with Crippen molar-refractivity contribution in [2.24, 2.45) is 5.92 Å². The molecule has 1 aliphatic rings. The number of aromatic amines is 1. The number of carbonyl (C=O) groups excluding carboxylic acids is 2. The molecular formula is C24H25N9O2S. The van der Waals surface area contributed by atoms with Crippen LogP contribution in [-0.4, -0.2) is 47.2 Å². The maximum Gasteiger partial charge on any atom is 0.232 e. The average molecular weight is 504 g/mol. The van der Waals surface area contributed by atoms with Crippen LogP contribution in [0.3, 0.4) is 0 Å². The average Bonchev–Trinajstić information content (AvgIpc) is 3.64. The molecule has 0 bridgehead atoms. The van der Waals surface area contributed by atoms with Gasteiger partial charge in [0.1, 0.15) is 5.01 Å². The zero-order valence-electron chi connectivity index (χ0n) is 19.4. The molecule has 0 aromatic carbocycles. The Morgan fingerprint density at radius 2 is 1.89 bits per heavy atom. The number of amides is 2. The molecule has 1 fully saturated rings. The molecule has 1 saturated carbocycles. The first-order valence-corrected chi connectivity index (χ1v) is 12.6. The van der Waals surface area contributed by atoms with E-state index >= 15 is 0 Å². The molecule has 1 aliphatic carbocycles. The molecule has 2 amide bonds. The highest BCUT2D eigenvalue weighted by Gasteiger charge is 2.29. The second kappa shape index (κ2) is 11.1. The van der Waals surface area contributed by atoms with Crippen molar-refractivity contribution in [3.8, 4) is 0 Å². The Hall–Kier alpha value is -4.06. The van der Waals surface area contributed by atoms with Gasteiger partial charge in [0.2, 0.25) is 16.9 Å². The molecule has 11 nitrogen and oxygen atoms in total. The zero-order valence-corrected chi connectivity index (χ0v) is 20.2. The maximum atomic E-state index is 12.2. The highest BCUT2D eigenvalue weighted by molar-refractivity contribution is 7.15. The van der Waals surface area contributed by atoms with E-state index in [2.05, 4.69) is 46.0 Å². The number of hydrogen-bond acceptors (Lipinski definition) is 9. The fraction of sp³-hybridized carbons (Fsp3) is 0.333. The first-order valence-electron chi connectivity index (χ1n) is 11.7. The number of rotatable bonds is 9. The molecule has 3 N–H and O–H groups in total. The lowest BCUT2D eigenvalue weighted by Gasteiger charge is -2.09. The van der Waals surface area contributed by atoms with Crippen molar-refractivity contribution < 1.29 is 9.59 Å². The minimum atomic E-state index is -0.177. The summed E-state index contributed by atoms with van der Waals surface area (Å²) < 4.78 is 0. The molecular weight excluding hydrogens is 478 g/mol. The molecule has 0 saturated heterocycles. The van der Waals surface area contributed by atoms with Gasteiger partial charge in [-0.05, 0) is 55.9 Å². The molecule has 4 aromatic rings. The van der Waals surface area contributed by atoms with E-state index in [1.165, 1.54) is 11.3 Å². The molecule has 4 heterocycles. The van der Waals surface area contributed by atoms with Crippen LogP contribution in [0.1, 0.15) is 47.3 Å². The van der Waals surface area contributed by atoms with Crippen molar-refractivity contribution in [2.75, 3.05) is 10.6 Å². The predicted molar refractivity (Wildman–Crippen MR) is 133 cm³/mol. The van der Waals surface area contributed by atoms with Gasteiger partial charge in [-0.25, -0.2) is 4.98 Å². The first-order chi connectivity index (χ1) is 17.6. The van der Waals surface area contributed by atoms with Crippen molar-refractivity contribution in [1.29, 1.82) is 0 Å². The smallest absolute Gasteiger partial charge is 0.232 e. The van der Waals surface area contributed by atoms with Gasteiger partial charge in [-0.3, -0.25) is 14.6 Å².